The number of rotatable bonds is 8. The third-order valence-corrected chi connectivity index (χ3v) is 25.5. The zero-order chi connectivity index (χ0) is 45.2. The number of para-hydroxylation sites is 2. The third kappa shape index (κ3) is 5.99. The fourth-order valence-corrected chi connectivity index (χ4v) is 23.3. The molecule has 0 spiro atoms. The normalized spacial score (nSPS) is 13.1. The second kappa shape index (κ2) is 16.2. The largest absolute Gasteiger partial charge is 0.327 e. The molecule has 0 bridgehead atoms. The molecule has 0 fully saturated rings. The lowest BCUT2D eigenvalue weighted by Gasteiger charge is -2.40. The quantitative estimate of drug-likeness (QED) is 0.113. The first kappa shape index (κ1) is 40.5. The summed E-state index contributed by atoms with van der Waals surface area (Å²) in [6, 6.07) is 90.5. The maximum Gasteiger partial charge on any atom is 0.181 e. The number of aromatic nitrogens is 4. The molecule has 12 aromatic rings. The third-order valence-electron chi connectivity index (χ3n) is 14.3. The number of pyridine rings is 1. The van der Waals surface area contributed by atoms with Crippen molar-refractivity contribution in [2.75, 3.05) is 0 Å². The van der Waals surface area contributed by atoms with Crippen molar-refractivity contribution in [2.45, 2.75) is 9.79 Å². The van der Waals surface area contributed by atoms with Gasteiger partial charge in [-0.25, -0.2) is 9.97 Å². The zero-order valence-electron chi connectivity index (χ0n) is 37.4. The molecule has 0 unspecified atom stereocenters. The molecule has 1 aliphatic heterocycles. The molecule has 3 aromatic heterocycles. The highest BCUT2D eigenvalue weighted by molar-refractivity contribution is 8.00. The molecule has 0 N–H and O–H groups in total. The summed E-state index contributed by atoms with van der Waals surface area (Å²) in [5.74, 6) is 1.85. The van der Waals surface area contributed by atoms with Crippen LogP contribution >= 0.6 is 11.8 Å². The molecule has 4 heterocycles. The van der Waals surface area contributed by atoms with E-state index >= 15 is 0 Å². The summed E-state index contributed by atoms with van der Waals surface area (Å²) in [7, 11) is -3.76. The van der Waals surface area contributed by atoms with E-state index in [-0.39, 0.29) is 0 Å². The molecule has 0 amide bonds. The van der Waals surface area contributed by atoms with Crippen molar-refractivity contribution in [1.29, 1.82) is 0 Å². The van der Waals surface area contributed by atoms with Crippen molar-refractivity contribution in [1.82, 2.24) is 19.1 Å². The van der Waals surface area contributed by atoms with Crippen LogP contribution in [0, 0.1) is 0 Å². The molecule has 9 aromatic carbocycles. The summed E-state index contributed by atoms with van der Waals surface area (Å²) in [5, 5.41) is 13.4. The second-order valence-corrected chi connectivity index (χ2v) is 26.3. The van der Waals surface area contributed by atoms with Crippen LogP contribution in [0.25, 0.3) is 50.0 Å². The van der Waals surface area contributed by atoms with Gasteiger partial charge in [0.05, 0.1) is 22.1 Å². The van der Waals surface area contributed by atoms with Crippen molar-refractivity contribution in [3.63, 3.8) is 0 Å². The van der Waals surface area contributed by atoms with Crippen LogP contribution in [-0.4, -0.2) is 35.2 Å². The van der Waals surface area contributed by atoms with E-state index in [0.29, 0.717) is 0 Å². The van der Waals surface area contributed by atoms with Crippen molar-refractivity contribution >= 4 is 102 Å². The first-order chi connectivity index (χ1) is 33.7. The molecule has 322 valence electrons. The minimum Gasteiger partial charge on any atom is -0.327 e. The van der Waals surface area contributed by atoms with Gasteiger partial charge in [0.15, 0.2) is 16.1 Å². The van der Waals surface area contributed by atoms with Crippen LogP contribution in [0.4, 0.5) is 0 Å². The standard InChI is InChI=1S/C61H44N4SSi2/c1-64-52-32-15-14-31-51(52)63-61(64)43-21-20-30-48(41-43)67(44-22-6-2-7-23-44,45-24-8-3-9-25-45)49-36-37-50-54(42-49)65(58-35-18-19-40-62-58)53-38-39-57-60(59(50)53)66-55-33-16-17-34-56(55)68(57,46-26-10-4-11-27-46)47-28-12-5-13-29-47/h2-42H,1H3. The van der Waals surface area contributed by atoms with Crippen LogP contribution in [0.1, 0.15) is 0 Å². The molecule has 0 saturated carbocycles. The lowest BCUT2D eigenvalue weighted by atomic mass is 10.1. The SMILES string of the molecule is Cn1c(-c2cccc([Si](c3ccccc3)(c3ccccc3)c3ccc4c5c6c(ccc5n(-c5ccccn5)c4c3)[Si](c3ccccc3)(c3ccccc3)c3ccccc3S6)c2)nc2ccccc21. The van der Waals surface area contributed by atoms with Gasteiger partial charge in [-0.15, -0.1) is 0 Å². The molecular weight excluding hydrogens is 877 g/mol. The van der Waals surface area contributed by atoms with E-state index in [1.165, 1.54) is 62.1 Å². The van der Waals surface area contributed by atoms with E-state index in [4.69, 9.17) is 9.97 Å². The van der Waals surface area contributed by atoms with Gasteiger partial charge in [0, 0.05) is 39.4 Å². The van der Waals surface area contributed by atoms with Gasteiger partial charge in [0.2, 0.25) is 0 Å². The number of hydrogen-bond acceptors (Lipinski definition) is 3. The van der Waals surface area contributed by atoms with Gasteiger partial charge in [0.1, 0.15) is 11.6 Å². The fourth-order valence-electron chi connectivity index (χ4n) is 11.4. The van der Waals surface area contributed by atoms with Gasteiger partial charge in [-0.1, -0.05) is 212 Å². The van der Waals surface area contributed by atoms with E-state index in [1.807, 2.05) is 24.0 Å². The maximum absolute atomic E-state index is 5.20. The van der Waals surface area contributed by atoms with Crippen LogP contribution in [0.2, 0.25) is 0 Å². The monoisotopic (exact) mass is 920 g/mol. The molecule has 0 aliphatic carbocycles. The van der Waals surface area contributed by atoms with Crippen LogP contribution in [0.3, 0.4) is 0 Å². The van der Waals surface area contributed by atoms with Gasteiger partial charge in [-0.3, -0.25) is 4.57 Å². The Morgan fingerprint density at radius 3 is 1.78 bits per heavy atom. The van der Waals surface area contributed by atoms with Crippen LogP contribution < -0.4 is 41.5 Å². The van der Waals surface area contributed by atoms with E-state index in [0.717, 1.165) is 39.3 Å². The smallest absolute Gasteiger partial charge is 0.181 e. The van der Waals surface area contributed by atoms with Gasteiger partial charge in [-0.2, -0.15) is 0 Å². The van der Waals surface area contributed by atoms with Gasteiger partial charge in [0.25, 0.3) is 0 Å². The molecule has 0 saturated heterocycles. The molecular formula is C61H44N4SSi2. The van der Waals surface area contributed by atoms with Gasteiger partial charge >= 0.3 is 0 Å². The molecule has 7 heteroatoms. The van der Waals surface area contributed by atoms with E-state index in [2.05, 4.69) is 253 Å². The number of fused-ring (bicyclic) bond motifs is 7. The van der Waals surface area contributed by atoms with Crippen molar-refractivity contribution in [2.24, 2.45) is 7.05 Å². The van der Waals surface area contributed by atoms with Crippen molar-refractivity contribution in [3.8, 4) is 17.2 Å². The minimum absolute atomic E-state index is 0.899. The topological polar surface area (TPSA) is 35.6 Å². The number of benzene rings is 9. The molecule has 4 nitrogen and oxygen atoms in total. The minimum atomic E-state index is -3.07. The highest BCUT2D eigenvalue weighted by Gasteiger charge is 2.48. The lowest BCUT2D eigenvalue weighted by molar-refractivity contribution is 0.959. The van der Waals surface area contributed by atoms with Crippen LogP contribution in [0.5, 0.6) is 0 Å². The molecule has 13 rings (SSSR count). The van der Waals surface area contributed by atoms with Crippen molar-refractivity contribution < 1.29 is 0 Å². The Morgan fingerprint density at radius 1 is 0.471 bits per heavy atom. The lowest BCUT2D eigenvalue weighted by Crippen LogP contribution is -2.76. The average molecular weight is 921 g/mol. The molecule has 68 heavy (non-hydrogen) atoms. The summed E-state index contributed by atoms with van der Waals surface area (Å²) in [6.45, 7) is 0. The van der Waals surface area contributed by atoms with Crippen LogP contribution in [0.15, 0.2) is 259 Å². The zero-order valence-corrected chi connectivity index (χ0v) is 40.2. The Labute approximate surface area is 401 Å². The number of aryl methyl sites for hydroxylation is 1. The highest BCUT2D eigenvalue weighted by Crippen LogP contribution is 2.42. The molecule has 1 aliphatic rings. The summed E-state index contributed by atoms with van der Waals surface area (Å²) < 4.78 is 4.65. The summed E-state index contributed by atoms with van der Waals surface area (Å²) >= 11 is 1.93. The average Bonchev–Trinajstić information content (AvgIpc) is 3.94. The van der Waals surface area contributed by atoms with E-state index in [1.54, 1.807) is 0 Å². The first-order valence-corrected chi connectivity index (χ1v) is 28.0. The van der Waals surface area contributed by atoms with Crippen LogP contribution in [-0.2, 0) is 7.05 Å². The summed E-state index contributed by atoms with van der Waals surface area (Å²) in [5.41, 5.74) is 5.51. The summed E-state index contributed by atoms with van der Waals surface area (Å²) in [6.07, 6.45) is 1.92. The molecule has 0 radical (unpaired) electrons. The Kier molecular flexibility index (Phi) is 9.64. The van der Waals surface area contributed by atoms with Gasteiger partial charge < -0.3 is 4.57 Å². The Hall–Kier alpha value is -7.82. The fraction of sp³-hybridized carbons (Fsp3) is 0.0164. The van der Waals surface area contributed by atoms with E-state index in [9.17, 15) is 0 Å². The molecule has 0 atom stereocenters. The summed E-state index contributed by atoms with van der Waals surface area (Å²) in [4.78, 5) is 13.0. The predicted molar refractivity (Wildman–Crippen MR) is 290 cm³/mol. The van der Waals surface area contributed by atoms with Gasteiger partial charge in [-0.05, 0) is 84.0 Å². The maximum atomic E-state index is 5.20. The first-order valence-electron chi connectivity index (χ1n) is 23.2. The Morgan fingerprint density at radius 2 is 1.09 bits per heavy atom. The Balaban J connectivity index is 1.14. The number of imidazole rings is 1. The van der Waals surface area contributed by atoms with E-state index < -0.39 is 16.1 Å². The van der Waals surface area contributed by atoms with Crippen molar-refractivity contribution in [3.05, 3.63) is 249 Å². The highest BCUT2D eigenvalue weighted by atomic mass is 32.2. The Bertz CT molecular complexity index is 3760. The second-order valence-electron chi connectivity index (χ2n) is 17.7. The number of hydrogen-bond donors (Lipinski definition) is 0. The number of nitrogens with zero attached hydrogens (tertiary/aromatic N) is 4. The predicted octanol–water partition coefficient (Wildman–Crippen LogP) is 8.95.